The number of nitrogens with zero attached hydrogens (tertiary/aromatic N) is 3. The van der Waals surface area contributed by atoms with Crippen molar-refractivity contribution >= 4 is 34.6 Å². The van der Waals surface area contributed by atoms with Crippen LogP contribution in [-0.2, 0) is 11.3 Å². The van der Waals surface area contributed by atoms with Crippen LogP contribution >= 0.6 is 11.6 Å². The number of nitrogens with one attached hydrogen (secondary N) is 1. The van der Waals surface area contributed by atoms with Crippen LogP contribution in [0.2, 0.25) is 5.02 Å². The van der Waals surface area contributed by atoms with E-state index in [0.717, 1.165) is 16.0 Å². The van der Waals surface area contributed by atoms with Crippen molar-refractivity contribution in [1.82, 2.24) is 14.7 Å². The van der Waals surface area contributed by atoms with E-state index in [9.17, 15) is 18.4 Å². The summed E-state index contributed by atoms with van der Waals surface area (Å²) in [7, 11) is 0. The van der Waals surface area contributed by atoms with Crippen molar-refractivity contribution in [2.45, 2.75) is 19.9 Å². The Morgan fingerprint density at radius 2 is 1.94 bits per heavy atom. The maximum absolute atomic E-state index is 12.8. The second-order valence-corrected chi connectivity index (χ2v) is 8.08. The number of amides is 2. The number of pyridine rings is 2. The number of carbonyl (C=O) groups is 2. The molecule has 0 spiro atoms. The number of fused-ring (bicyclic) bond motifs is 1. The van der Waals surface area contributed by atoms with Gasteiger partial charge in [0, 0.05) is 43.1 Å². The molecular formula is C25H21ClF2N4O2. The molecule has 9 heteroatoms. The molecule has 0 fully saturated rings. The number of aromatic nitrogens is 2. The van der Waals surface area contributed by atoms with Gasteiger partial charge < -0.3 is 14.6 Å². The summed E-state index contributed by atoms with van der Waals surface area (Å²) in [6.07, 6.45) is 2.67. The van der Waals surface area contributed by atoms with E-state index >= 15 is 0 Å². The highest BCUT2D eigenvalue weighted by Crippen LogP contribution is 2.31. The van der Waals surface area contributed by atoms with Gasteiger partial charge in [-0.15, -0.1) is 0 Å². The van der Waals surface area contributed by atoms with E-state index < -0.39 is 18.9 Å². The Bertz CT molecular complexity index is 1340. The minimum absolute atomic E-state index is 0.150. The van der Waals surface area contributed by atoms with E-state index in [0.29, 0.717) is 23.4 Å². The van der Waals surface area contributed by atoms with Gasteiger partial charge in [0.05, 0.1) is 28.5 Å². The molecule has 3 aromatic heterocycles. The molecule has 174 valence electrons. The van der Waals surface area contributed by atoms with Gasteiger partial charge in [-0.25, -0.2) is 8.78 Å². The molecule has 0 aliphatic carbocycles. The third-order valence-electron chi connectivity index (χ3n) is 5.31. The lowest BCUT2D eigenvalue weighted by Gasteiger charge is -2.22. The average molecular weight is 483 g/mol. The normalized spacial score (nSPS) is 11.1. The molecule has 0 aliphatic heterocycles. The molecule has 6 nitrogen and oxygen atoms in total. The first-order valence-corrected chi connectivity index (χ1v) is 10.9. The number of anilines is 1. The zero-order valence-electron chi connectivity index (χ0n) is 18.2. The molecule has 0 radical (unpaired) electrons. The molecule has 3 heterocycles. The first kappa shape index (κ1) is 23.4. The van der Waals surface area contributed by atoms with E-state index in [4.69, 9.17) is 11.6 Å². The van der Waals surface area contributed by atoms with Crippen LogP contribution in [0.4, 0.5) is 14.5 Å². The number of hydrogen-bond acceptors (Lipinski definition) is 3. The van der Waals surface area contributed by atoms with Crippen LogP contribution < -0.4 is 10.2 Å². The topological polar surface area (TPSA) is 66.7 Å². The Morgan fingerprint density at radius 3 is 2.62 bits per heavy atom. The van der Waals surface area contributed by atoms with Gasteiger partial charge in [-0.05, 0) is 54.1 Å². The molecule has 1 aromatic carbocycles. The molecule has 0 atom stereocenters. The largest absolute Gasteiger partial charge is 0.348 e. The Balaban J connectivity index is 1.44. The Morgan fingerprint density at radius 1 is 1.12 bits per heavy atom. The van der Waals surface area contributed by atoms with Crippen LogP contribution in [0, 0.1) is 0 Å². The lowest BCUT2D eigenvalue weighted by atomic mass is 10.1. The first-order valence-electron chi connectivity index (χ1n) is 10.5. The van der Waals surface area contributed by atoms with Crippen molar-refractivity contribution < 1.29 is 18.4 Å². The molecule has 2 amide bonds. The highest BCUT2D eigenvalue weighted by atomic mass is 35.5. The quantitative estimate of drug-likeness (QED) is 0.393. The molecule has 1 N–H and O–H groups in total. The van der Waals surface area contributed by atoms with E-state index in [1.54, 1.807) is 24.3 Å². The fourth-order valence-electron chi connectivity index (χ4n) is 3.59. The van der Waals surface area contributed by atoms with Crippen molar-refractivity contribution in [1.29, 1.82) is 0 Å². The van der Waals surface area contributed by atoms with Crippen LogP contribution in [0.1, 0.15) is 22.8 Å². The zero-order chi connectivity index (χ0) is 24.2. The molecule has 0 unspecified atom stereocenters. The highest BCUT2D eigenvalue weighted by molar-refractivity contribution is 6.34. The summed E-state index contributed by atoms with van der Waals surface area (Å²) >= 11 is 6.28. The van der Waals surface area contributed by atoms with Crippen molar-refractivity contribution in [2.75, 3.05) is 11.4 Å². The highest BCUT2D eigenvalue weighted by Gasteiger charge is 2.20. The van der Waals surface area contributed by atoms with Crippen LogP contribution in [0.25, 0.3) is 16.8 Å². The number of alkyl halides is 2. The predicted molar refractivity (Wildman–Crippen MR) is 127 cm³/mol. The Labute approximate surface area is 199 Å². The van der Waals surface area contributed by atoms with Gasteiger partial charge in [0.2, 0.25) is 5.91 Å². The number of halogens is 3. The van der Waals surface area contributed by atoms with Crippen molar-refractivity contribution in [2.24, 2.45) is 0 Å². The lowest BCUT2D eigenvalue weighted by Crippen LogP contribution is -2.33. The van der Waals surface area contributed by atoms with Crippen LogP contribution in [-0.4, -0.2) is 34.2 Å². The minimum Gasteiger partial charge on any atom is -0.348 e. The molecule has 0 bridgehead atoms. The lowest BCUT2D eigenvalue weighted by molar-refractivity contribution is -0.117. The van der Waals surface area contributed by atoms with Crippen molar-refractivity contribution in [3.8, 4) is 11.3 Å². The van der Waals surface area contributed by atoms with Crippen LogP contribution in [0.5, 0.6) is 0 Å². The van der Waals surface area contributed by atoms with Crippen molar-refractivity contribution in [3.05, 3.63) is 89.3 Å². The summed E-state index contributed by atoms with van der Waals surface area (Å²) in [6, 6.07) is 15.9. The monoisotopic (exact) mass is 482 g/mol. The second kappa shape index (κ2) is 10.0. The van der Waals surface area contributed by atoms with Gasteiger partial charge in [0.1, 0.15) is 0 Å². The summed E-state index contributed by atoms with van der Waals surface area (Å²) in [5, 5.41) is 3.03. The molecule has 0 saturated heterocycles. The van der Waals surface area contributed by atoms with Gasteiger partial charge in [-0.1, -0.05) is 17.7 Å². The third-order valence-corrected chi connectivity index (χ3v) is 5.61. The summed E-state index contributed by atoms with van der Waals surface area (Å²) < 4.78 is 27.6. The van der Waals surface area contributed by atoms with E-state index in [2.05, 4.69) is 10.3 Å². The van der Waals surface area contributed by atoms with E-state index in [1.807, 2.05) is 41.1 Å². The van der Waals surface area contributed by atoms with E-state index in [1.165, 1.54) is 19.2 Å². The van der Waals surface area contributed by atoms with Gasteiger partial charge in [-0.2, -0.15) is 0 Å². The summed E-state index contributed by atoms with van der Waals surface area (Å²) in [4.78, 5) is 29.6. The first-order chi connectivity index (χ1) is 16.3. The maximum Gasteiger partial charge on any atom is 0.256 e. The summed E-state index contributed by atoms with van der Waals surface area (Å²) in [6.45, 7) is 0.845. The Kier molecular flexibility index (Phi) is 6.88. The number of rotatable bonds is 7. The average Bonchev–Trinajstić information content (AvgIpc) is 3.29. The van der Waals surface area contributed by atoms with Crippen LogP contribution in [0.15, 0.2) is 73.2 Å². The molecular weight excluding hydrogens is 462 g/mol. The predicted octanol–water partition coefficient (Wildman–Crippen LogP) is 5.20. The van der Waals surface area contributed by atoms with Gasteiger partial charge in [-0.3, -0.25) is 14.6 Å². The summed E-state index contributed by atoms with van der Waals surface area (Å²) in [5.41, 5.74) is 3.80. The smallest absolute Gasteiger partial charge is 0.256 e. The number of hydrogen-bond donors (Lipinski definition) is 1. The molecule has 4 rings (SSSR count). The summed E-state index contributed by atoms with van der Waals surface area (Å²) in [5.74, 6) is -0.788. The number of benzene rings is 1. The van der Waals surface area contributed by atoms with E-state index in [-0.39, 0.29) is 16.6 Å². The SMILES string of the molecule is CC(=O)N(CC(F)F)c1ccc(-c2ccc(C(=O)NCc3ccn4cccc4c3)cn2)cc1Cl. The molecule has 34 heavy (non-hydrogen) atoms. The fourth-order valence-corrected chi connectivity index (χ4v) is 3.87. The standard InChI is InChI=1S/C25H21ClF2N4O2/c1-16(33)32(15-24(27)28)23-7-5-18(12-21(23)26)22-6-4-19(14-29-22)25(34)30-13-17-8-10-31-9-2-3-20(31)11-17/h2-12,14,24H,13,15H2,1H3,(H,30,34). The van der Waals surface area contributed by atoms with Gasteiger partial charge >= 0.3 is 0 Å². The van der Waals surface area contributed by atoms with Crippen LogP contribution in [0.3, 0.4) is 0 Å². The third kappa shape index (κ3) is 5.23. The second-order valence-electron chi connectivity index (χ2n) is 7.68. The Hall–Kier alpha value is -3.78. The number of carbonyl (C=O) groups excluding carboxylic acids is 2. The maximum atomic E-state index is 12.8. The zero-order valence-corrected chi connectivity index (χ0v) is 19.0. The van der Waals surface area contributed by atoms with Gasteiger partial charge in [0.15, 0.2) is 0 Å². The minimum atomic E-state index is -2.68. The fraction of sp³-hybridized carbons (Fsp3) is 0.160. The van der Waals surface area contributed by atoms with Crippen molar-refractivity contribution in [3.63, 3.8) is 0 Å². The van der Waals surface area contributed by atoms with Gasteiger partial charge in [0.25, 0.3) is 12.3 Å². The molecule has 0 saturated carbocycles. The molecule has 0 aliphatic rings. The molecule has 4 aromatic rings.